The maximum Gasteiger partial charge on any atom is 0.135 e. The van der Waals surface area contributed by atoms with Gasteiger partial charge in [-0.2, -0.15) is 0 Å². The summed E-state index contributed by atoms with van der Waals surface area (Å²) in [6, 6.07) is 85.0. The van der Waals surface area contributed by atoms with Gasteiger partial charge < -0.3 is 9.32 Å². The molecular weight excluding hydrogens is 727 g/mol. The maximum absolute atomic E-state index is 6.27. The zero-order chi connectivity index (χ0) is 39.8. The van der Waals surface area contributed by atoms with Crippen LogP contribution in [0.4, 0.5) is 17.1 Å². The van der Waals surface area contributed by atoms with E-state index in [1.165, 1.54) is 60.8 Å². The lowest BCUT2D eigenvalue weighted by molar-refractivity contribution is 0.669. The molecule has 0 spiro atoms. The first kappa shape index (κ1) is 35.2. The van der Waals surface area contributed by atoms with Crippen LogP contribution in [-0.4, -0.2) is 0 Å². The molecule has 0 aliphatic carbocycles. The predicted octanol–water partition coefficient (Wildman–Crippen LogP) is 16.5. The fraction of sp³-hybridized carbons (Fsp3) is 0. The Labute approximate surface area is 349 Å². The van der Waals surface area contributed by atoms with Crippen LogP contribution in [0.5, 0.6) is 0 Å². The Balaban J connectivity index is 1.05. The van der Waals surface area contributed by atoms with Crippen molar-refractivity contribution in [3.05, 3.63) is 237 Å². The van der Waals surface area contributed by atoms with Crippen molar-refractivity contribution in [2.24, 2.45) is 0 Å². The summed E-state index contributed by atoms with van der Waals surface area (Å²) in [5.41, 5.74) is 16.9. The van der Waals surface area contributed by atoms with Gasteiger partial charge >= 0.3 is 0 Å². The molecule has 0 amide bonds. The zero-order valence-electron chi connectivity index (χ0n) is 32.9. The molecule has 282 valence electrons. The molecule has 0 unspecified atom stereocenters. The van der Waals surface area contributed by atoms with Crippen molar-refractivity contribution in [3.63, 3.8) is 0 Å². The van der Waals surface area contributed by atoms with Gasteiger partial charge in [-0.15, -0.1) is 0 Å². The first-order valence-corrected chi connectivity index (χ1v) is 20.5. The number of benzene rings is 10. The number of rotatable bonds is 8. The molecule has 11 aromatic rings. The molecule has 0 bridgehead atoms. The normalized spacial score (nSPS) is 11.3. The standard InChI is InChI=1S/C58H39NO/c1-3-15-42(16-4-1)50-20-9-10-22-54(50)58-51(43-17-5-2-6-18-43)23-13-24-52(58)44-30-34-48(35-31-44)59(49-36-37-57-55(39-49)53-21-11-12-25-56(53)60-57)47-32-28-41(29-33-47)46-27-26-40-14-7-8-19-45(40)38-46/h1-39H. The SMILES string of the molecule is c1ccc(-c2ccccc2-c2c(-c3ccccc3)cccc2-c2ccc(N(c3ccc(-c4ccc5ccccc5c4)cc3)c3ccc4oc5ccccc5c4c3)cc2)cc1. The number of nitrogens with zero attached hydrogens (tertiary/aromatic N) is 1. The third-order valence-electron chi connectivity index (χ3n) is 11.7. The van der Waals surface area contributed by atoms with Crippen LogP contribution >= 0.6 is 0 Å². The molecule has 2 heteroatoms. The Bertz CT molecular complexity index is 3290. The third kappa shape index (κ3) is 6.41. The van der Waals surface area contributed by atoms with E-state index in [1.807, 2.05) is 12.1 Å². The Morgan fingerprint density at radius 3 is 1.48 bits per heavy atom. The zero-order valence-corrected chi connectivity index (χ0v) is 32.9. The summed E-state index contributed by atoms with van der Waals surface area (Å²) in [6.45, 7) is 0. The Hall–Kier alpha value is -7.94. The van der Waals surface area contributed by atoms with Crippen LogP contribution in [0.15, 0.2) is 241 Å². The van der Waals surface area contributed by atoms with Crippen LogP contribution < -0.4 is 4.90 Å². The summed E-state index contributed by atoms with van der Waals surface area (Å²) in [7, 11) is 0. The predicted molar refractivity (Wildman–Crippen MR) is 253 cm³/mol. The second-order valence-corrected chi connectivity index (χ2v) is 15.3. The summed E-state index contributed by atoms with van der Waals surface area (Å²) in [5.74, 6) is 0. The fourth-order valence-corrected chi connectivity index (χ4v) is 8.77. The average molecular weight is 766 g/mol. The van der Waals surface area contributed by atoms with Gasteiger partial charge in [-0.25, -0.2) is 0 Å². The lowest BCUT2D eigenvalue weighted by Crippen LogP contribution is -2.09. The summed E-state index contributed by atoms with van der Waals surface area (Å²) < 4.78 is 6.27. The number of furan rings is 1. The van der Waals surface area contributed by atoms with Gasteiger partial charge in [0.15, 0.2) is 0 Å². The minimum absolute atomic E-state index is 0.878. The quantitative estimate of drug-likeness (QED) is 0.153. The van der Waals surface area contributed by atoms with Gasteiger partial charge in [0.1, 0.15) is 11.2 Å². The van der Waals surface area contributed by atoms with Crippen LogP contribution in [0.3, 0.4) is 0 Å². The summed E-state index contributed by atoms with van der Waals surface area (Å²) in [4.78, 5) is 2.35. The first-order chi connectivity index (χ1) is 29.7. The van der Waals surface area contributed by atoms with Gasteiger partial charge in [0.25, 0.3) is 0 Å². The number of hydrogen-bond acceptors (Lipinski definition) is 2. The molecule has 11 rings (SSSR count). The minimum Gasteiger partial charge on any atom is -0.456 e. The number of para-hydroxylation sites is 1. The Kier molecular flexibility index (Phi) is 8.87. The van der Waals surface area contributed by atoms with Gasteiger partial charge in [0, 0.05) is 27.8 Å². The van der Waals surface area contributed by atoms with E-state index in [1.54, 1.807) is 0 Å². The molecule has 2 nitrogen and oxygen atoms in total. The van der Waals surface area contributed by atoms with Crippen molar-refractivity contribution >= 4 is 49.8 Å². The molecule has 60 heavy (non-hydrogen) atoms. The van der Waals surface area contributed by atoms with E-state index < -0.39 is 0 Å². The number of hydrogen-bond donors (Lipinski definition) is 0. The second-order valence-electron chi connectivity index (χ2n) is 15.3. The van der Waals surface area contributed by atoms with E-state index in [0.717, 1.165) is 44.6 Å². The van der Waals surface area contributed by atoms with E-state index in [0.29, 0.717) is 0 Å². The van der Waals surface area contributed by atoms with E-state index in [-0.39, 0.29) is 0 Å². The van der Waals surface area contributed by atoms with Crippen molar-refractivity contribution in [2.45, 2.75) is 0 Å². The highest BCUT2D eigenvalue weighted by Crippen LogP contribution is 2.45. The fourth-order valence-electron chi connectivity index (χ4n) is 8.77. The summed E-state index contributed by atoms with van der Waals surface area (Å²) in [6.07, 6.45) is 0. The third-order valence-corrected chi connectivity index (χ3v) is 11.7. The molecule has 0 radical (unpaired) electrons. The highest BCUT2D eigenvalue weighted by atomic mass is 16.3. The van der Waals surface area contributed by atoms with Crippen LogP contribution in [0, 0.1) is 0 Å². The van der Waals surface area contributed by atoms with Crippen LogP contribution in [-0.2, 0) is 0 Å². The monoisotopic (exact) mass is 765 g/mol. The molecule has 0 N–H and O–H groups in total. The summed E-state index contributed by atoms with van der Waals surface area (Å²) >= 11 is 0. The Morgan fingerprint density at radius 2 is 0.767 bits per heavy atom. The van der Waals surface area contributed by atoms with E-state index in [4.69, 9.17) is 4.42 Å². The molecule has 10 aromatic carbocycles. The molecule has 0 saturated carbocycles. The molecule has 0 aliphatic rings. The first-order valence-electron chi connectivity index (χ1n) is 20.5. The average Bonchev–Trinajstić information content (AvgIpc) is 3.70. The maximum atomic E-state index is 6.27. The highest BCUT2D eigenvalue weighted by Gasteiger charge is 2.20. The molecule has 0 fully saturated rings. The largest absolute Gasteiger partial charge is 0.456 e. The molecule has 0 saturated heterocycles. The van der Waals surface area contributed by atoms with Crippen molar-refractivity contribution in [1.82, 2.24) is 0 Å². The van der Waals surface area contributed by atoms with Gasteiger partial charge in [-0.1, -0.05) is 182 Å². The van der Waals surface area contributed by atoms with E-state index in [9.17, 15) is 0 Å². The summed E-state index contributed by atoms with van der Waals surface area (Å²) in [5, 5.41) is 4.69. The molecule has 1 heterocycles. The lowest BCUT2D eigenvalue weighted by Gasteiger charge is -2.26. The van der Waals surface area contributed by atoms with Crippen LogP contribution in [0.25, 0.3) is 88.3 Å². The molecule has 0 aliphatic heterocycles. The van der Waals surface area contributed by atoms with Crippen LogP contribution in [0.2, 0.25) is 0 Å². The molecule has 1 aromatic heterocycles. The van der Waals surface area contributed by atoms with Crippen LogP contribution in [0.1, 0.15) is 0 Å². The topological polar surface area (TPSA) is 16.4 Å². The Morgan fingerprint density at radius 1 is 0.267 bits per heavy atom. The van der Waals surface area contributed by atoms with Gasteiger partial charge in [0.2, 0.25) is 0 Å². The molecular formula is C58H39NO. The number of fused-ring (bicyclic) bond motifs is 4. The van der Waals surface area contributed by atoms with Crippen molar-refractivity contribution in [2.75, 3.05) is 4.90 Å². The smallest absolute Gasteiger partial charge is 0.135 e. The van der Waals surface area contributed by atoms with Crippen molar-refractivity contribution in [3.8, 4) is 55.6 Å². The van der Waals surface area contributed by atoms with Gasteiger partial charge in [0.05, 0.1) is 0 Å². The second kappa shape index (κ2) is 15.1. The lowest BCUT2D eigenvalue weighted by atomic mass is 9.84. The highest BCUT2D eigenvalue weighted by molar-refractivity contribution is 6.07. The van der Waals surface area contributed by atoms with Gasteiger partial charge in [-0.3, -0.25) is 0 Å². The minimum atomic E-state index is 0.878. The van der Waals surface area contributed by atoms with Crippen molar-refractivity contribution in [1.29, 1.82) is 0 Å². The van der Waals surface area contributed by atoms with Crippen molar-refractivity contribution < 1.29 is 4.42 Å². The van der Waals surface area contributed by atoms with E-state index in [2.05, 4.69) is 229 Å². The van der Waals surface area contributed by atoms with E-state index >= 15 is 0 Å². The van der Waals surface area contributed by atoms with Gasteiger partial charge in [-0.05, 0) is 121 Å². The number of anilines is 3. The molecule has 0 atom stereocenters.